The number of hydrogen-bond donors (Lipinski definition) is 2. The molecule has 1 aliphatic rings. The Bertz CT molecular complexity index is 968. The van der Waals surface area contributed by atoms with E-state index in [1.165, 1.54) is 22.9 Å². The van der Waals surface area contributed by atoms with Crippen LogP contribution >= 0.6 is 0 Å². The van der Waals surface area contributed by atoms with Crippen molar-refractivity contribution in [3.63, 3.8) is 0 Å². The molecule has 0 atom stereocenters. The second-order valence-corrected chi connectivity index (χ2v) is 7.30. The quantitative estimate of drug-likeness (QED) is 0.502. The lowest BCUT2D eigenvalue weighted by molar-refractivity contribution is -0.895. The van der Waals surface area contributed by atoms with Crippen molar-refractivity contribution in [1.82, 2.24) is 14.7 Å². The van der Waals surface area contributed by atoms with Crippen molar-refractivity contribution in [3.05, 3.63) is 51.6 Å². The molecule has 3 rings (SSSR count). The molecule has 2 heterocycles. The van der Waals surface area contributed by atoms with Gasteiger partial charge in [-0.1, -0.05) is 6.07 Å². The Labute approximate surface area is 172 Å². The number of benzene rings is 1. The van der Waals surface area contributed by atoms with Gasteiger partial charge in [0.2, 0.25) is 5.91 Å². The third kappa shape index (κ3) is 4.98. The Morgan fingerprint density at radius 3 is 2.60 bits per heavy atom. The van der Waals surface area contributed by atoms with Crippen LogP contribution in [0.15, 0.2) is 24.3 Å². The average molecular weight is 419 g/mol. The minimum atomic E-state index is -0.490. The fraction of sp³-hybridized carbons (Fsp3) is 0.421. The van der Waals surface area contributed by atoms with Crippen LogP contribution in [0.2, 0.25) is 0 Å². The number of aromatic nitrogens is 2. The molecule has 0 aliphatic carbocycles. The minimum Gasteiger partial charge on any atom is -0.330 e. The highest BCUT2D eigenvalue weighted by Gasteiger charge is 2.28. The molecule has 1 aromatic carbocycles. The Morgan fingerprint density at radius 2 is 2.00 bits per heavy atom. The zero-order valence-electron chi connectivity index (χ0n) is 16.9. The van der Waals surface area contributed by atoms with Gasteiger partial charge >= 0.3 is 5.69 Å². The van der Waals surface area contributed by atoms with E-state index in [1.54, 1.807) is 24.8 Å². The second-order valence-electron chi connectivity index (χ2n) is 7.30. The predicted octanol–water partition coefficient (Wildman–Crippen LogP) is -0.0870. The van der Waals surface area contributed by atoms with Gasteiger partial charge in [0.05, 0.1) is 31.1 Å². The summed E-state index contributed by atoms with van der Waals surface area (Å²) < 4.78 is 14.6. The van der Waals surface area contributed by atoms with Gasteiger partial charge in [0, 0.05) is 5.69 Å². The number of amides is 2. The highest BCUT2D eigenvalue weighted by molar-refractivity contribution is 5.91. The summed E-state index contributed by atoms with van der Waals surface area (Å²) in [6, 6.07) is 5.71. The van der Waals surface area contributed by atoms with Gasteiger partial charge in [-0.05, 0) is 32.0 Å². The molecular formula is C19H24FN6O4+. The molecule has 1 aromatic heterocycles. The number of piperazine rings is 1. The number of anilines is 1. The van der Waals surface area contributed by atoms with Crippen molar-refractivity contribution in [2.75, 3.05) is 38.0 Å². The van der Waals surface area contributed by atoms with Crippen LogP contribution in [0.4, 0.5) is 15.8 Å². The molecule has 2 N–H and O–H groups in total. The van der Waals surface area contributed by atoms with Crippen LogP contribution in [-0.4, -0.2) is 64.1 Å². The highest BCUT2D eigenvalue weighted by atomic mass is 19.1. The van der Waals surface area contributed by atoms with E-state index in [1.807, 2.05) is 0 Å². The summed E-state index contributed by atoms with van der Waals surface area (Å²) in [6.07, 6.45) is 0. The van der Waals surface area contributed by atoms with Crippen LogP contribution in [0.5, 0.6) is 0 Å². The van der Waals surface area contributed by atoms with E-state index in [0.29, 0.717) is 37.6 Å². The van der Waals surface area contributed by atoms with Crippen LogP contribution in [0.25, 0.3) is 0 Å². The van der Waals surface area contributed by atoms with Crippen molar-refractivity contribution >= 4 is 23.2 Å². The van der Waals surface area contributed by atoms with Gasteiger partial charge < -0.3 is 15.1 Å². The first-order valence-corrected chi connectivity index (χ1v) is 9.59. The van der Waals surface area contributed by atoms with Crippen LogP contribution in [0.3, 0.4) is 0 Å². The Kier molecular flexibility index (Phi) is 6.40. The molecule has 11 heteroatoms. The Balaban J connectivity index is 1.49. The van der Waals surface area contributed by atoms with Crippen molar-refractivity contribution in [2.45, 2.75) is 20.4 Å². The van der Waals surface area contributed by atoms with Crippen molar-refractivity contribution in [2.24, 2.45) is 0 Å². The van der Waals surface area contributed by atoms with E-state index in [-0.39, 0.29) is 36.3 Å². The molecule has 1 fully saturated rings. The lowest BCUT2D eigenvalue weighted by atomic mass is 10.3. The van der Waals surface area contributed by atoms with Gasteiger partial charge in [-0.2, -0.15) is 5.10 Å². The zero-order chi connectivity index (χ0) is 21.8. The van der Waals surface area contributed by atoms with Gasteiger partial charge in [-0.3, -0.25) is 24.4 Å². The molecule has 2 aromatic rings. The number of carbonyl (C=O) groups is 2. The summed E-state index contributed by atoms with van der Waals surface area (Å²) in [6.45, 7) is 5.43. The third-order valence-corrected chi connectivity index (χ3v) is 5.15. The first-order valence-electron chi connectivity index (χ1n) is 9.59. The van der Waals surface area contributed by atoms with Gasteiger partial charge in [0.1, 0.15) is 23.7 Å². The van der Waals surface area contributed by atoms with E-state index >= 15 is 0 Å². The molecule has 30 heavy (non-hydrogen) atoms. The lowest BCUT2D eigenvalue weighted by Gasteiger charge is -2.32. The van der Waals surface area contributed by atoms with E-state index in [2.05, 4.69) is 10.4 Å². The summed E-state index contributed by atoms with van der Waals surface area (Å²) in [4.78, 5) is 38.1. The standard InChI is InChI=1S/C19H23FN6O4/c1-13-19(26(29)30)14(2)25(22-13)12-18(28)24-8-6-23(7-9-24)11-17(27)21-16-5-3-4-15(20)10-16/h3-5,10H,6-9,11-12H2,1-2H3,(H,21,27)/p+1. The Morgan fingerprint density at radius 1 is 1.30 bits per heavy atom. The average Bonchev–Trinajstić information content (AvgIpc) is 2.95. The Hall–Kier alpha value is -3.34. The maximum absolute atomic E-state index is 13.2. The van der Waals surface area contributed by atoms with Crippen molar-refractivity contribution in [1.29, 1.82) is 0 Å². The number of aryl methyl sites for hydroxylation is 1. The lowest BCUT2D eigenvalue weighted by Crippen LogP contribution is -3.15. The maximum atomic E-state index is 13.2. The summed E-state index contributed by atoms with van der Waals surface area (Å²) >= 11 is 0. The first-order chi connectivity index (χ1) is 14.2. The number of hydrogen-bond acceptors (Lipinski definition) is 5. The fourth-order valence-corrected chi connectivity index (χ4v) is 3.58. The summed E-state index contributed by atoms with van der Waals surface area (Å²) in [5, 5.41) is 17.9. The molecule has 10 nitrogen and oxygen atoms in total. The predicted molar refractivity (Wildman–Crippen MR) is 106 cm³/mol. The van der Waals surface area contributed by atoms with E-state index < -0.39 is 10.7 Å². The normalized spacial score (nSPS) is 14.6. The first kappa shape index (κ1) is 21.4. The molecule has 1 saturated heterocycles. The van der Waals surface area contributed by atoms with E-state index in [9.17, 15) is 24.1 Å². The SMILES string of the molecule is Cc1nn(CC(=O)N2CC[NH+](CC(=O)Nc3cccc(F)c3)CC2)c(C)c1[N+](=O)[O-]. The van der Waals surface area contributed by atoms with Crippen LogP contribution in [-0.2, 0) is 16.1 Å². The number of carbonyl (C=O) groups excluding carboxylic acids is 2. The van der Waals surface area contributed by atoms with Gasteiger partial charge in [0.15, 0.2) is 6.54 Å². The fourth-order valence-electron chi connectivity index (χ4n) is 3.58. The van der Waals surface area contributed by atoms with E-state index in [4.69, 9.17) is 0 Å². The summed E-state index contributed by atoms with van der Waals surface area (Å²) in [7, 11) is 0. The van der Waals surface area contributed by atoms with Crippen LogP contribution in [0, 0.1) is 29.8 Å². The number of nitrogens with one attached hydrogen (secondary N) is 2. The van der Waals surface area contributed by atoms with E-state index in [0.717, 1.165) is 4.90 Å². The second kappa shape index (κ2) is 8.99. The largest absolute Gasteiger partial charge is 0.330 e. The third-order valence-electron chi connectivity index (χ3n) is 5.15. The number of nitro groups is 1. The van der Waals surface area contributed by atoms with Crippen molar-refractivity contribution in [3.8, 4) is 0 Å². The summed E-state index contributed by atoms with van der Waals surface area (Å²) in [5.41, 5.74) is 0.974. The molecule has 0 saturated carbocycles. The topological polar surface area (TPSA) is 115 Å². The number of rotatable bonds is 6. The van der Waals surface area contributed by atoms with Gasteiger partial charge in [-0.25, -0.2) is 4.39 Å². The van der Waals surface area contributed by atoms with Gasteiger partial charge in [-0.15, -0.1) is 0 Å². The zero-order valence-corrected chi connectivity index (χ0v) is 16.9. The minimum absolute atomic E-state index is 0.0596. The van der Waals surface area contributed by atoms with Crippen LogP contribution < -0.4 is 10.2 Å². The number of nitrogens with zero attached hydrogens (tertiary/aromatic N) is 4. The molecule has 0 bridgehead atoms. The number of quaternary nitrogens is 1. The maximum Gasteiger partial charge on any atom is 0.312 e. The molecule has 0 spiro atoms. The molecule has 0 radical (unpaired) electrons. The molecule has 160 valence electrons. The van der Waals surface area contributed by atoms with Crippen LogP contribution in [0.1, 0.15) is 11.4 Å². The molecule has 2 amide bonds. The smallest absolute Gasteiger partial charge is 0.312 e. The van der Waals surface area contributed by atoms with Crippen molar-refractivity contribution < 1.29 is 23.8 Å². The number of halogens is 1. The molecule has 0 unspecified atom stereocenters. The highest BCUT2D eigenvalue weighted by Crippen LogP contribution is 2.21. The summed E-state index contributed by atoms with van der Waals surface area (Å²) in [5.74, 6) is -0.802. The monoisotopic (exact) mass is 419 g/mol. The van der Waals surface area contributed by atoms with Gasteiger partial charge in [0.25, 0.3) is 5.91 Å². The molecular weight excluding hydrogens is 395 g/mol. The molecule has 1 aliphatic heterocycles.